The second-order valence-electron chi connectivity index (χ2n) is 4.69. The van der Waals surface area contributed by atoms with Gasteiger partial charge in [-0.1, -0.05) is 0 Å². The summed E-state index contributed by atoms with van der Waals surface area (Å²) < 4.78 is 0. The minimum absolute atomic E-state index is 0.0231. The summed E-state index contributed by atoms with van der Waals surface area (Å²) in [5.74, 6) is -0.454. The van der Waals surface area contributed by atoms with Crippen LogP contribution in [0.2, 0.25) is 0 Å². The Kier molecular flexibility index (Phi) is 3.97. The van der Waals surface area contributed by atoms with Crippen LogP contribution in [0.3, 0.4) is 0 Å². The van der Waals surface area contributed by atoms with Gasteiger partial charge in [0.05, 0.1) is 11.5 Å². The summed E-state index contributed by atoms with van der Waals surface area (Å²) in [7, 11) is 0. The first kappa shape index (κ1) is 14.0. The molecular weight excluding hydrogens is 262 g/mol. The van der Waals surface area contributed by atoms with Crippen molar-refractivity contribution in [2.75, 3.05) is 19.6 Å². The summed E-state index contributed by atoms with van der Waals surface area (Å²) in [4.78, 5) is 35.5. The molecule has 0 unspecified atom stereocenters. The number of carbonyl (C=O) groups excluding carboxylic acids is 2. The molecule has 1 saturated heterocycles. The van der Waals surface area contributed by atoms with Crippen LogP contribution >= 0.6 is 0 Å². The number of nitrogens with one attached hydrogen (secondary N) is 1. The van der Waals surface area contributed by atoms with Crippen molar-refractivity contribution >= 4 is 17.5 Å². The Morgan fingerprint density at radius 3 is 2.85 bits per heavy atom. The topological polar surface area (TPSA) is 92.6 Å². The van der Waals surface area contributed by atoms with E-state index in [1.165, 1.54) is 23.1 Å². The smallest absolute Gasteiger partial charge is 0.269 e. The number of benzene rings is 1. The monoisotopic (exact) mass is 277 g/mol. The Bertz CT molecular complexity index is 571. The standard InChI is InChI=1S/C13H15N3O4/c1-9-7-10(16(19)20)3-4-11(9)13(18)15-6-2-5-14-12(17)8-15/h3-4,7H,2,5-6,8H2,1H3,(H,14,17). The zero-order valence-corrected chi connectivity index (χ0v) is 11.1. The van der Waals surface area contributed by atoms with Gasteiger partial charge in [0, 0.05) is 30.8 Å². The molecule has 1 fully saturated rings. The van der Waals surface area contributed by atoms with Crippen molar-refractivity contribution < 1.29 is 14.5 Å². The van der Waals surface area contributed by atoms with Gasteiger partial charge in [0.15, 0.2) is 0 Å². The highest BCUT2D eigenvalue weighted by Gasteiger charge is 2.23. The van der Waals surface area contributed by atoms with Gasteiger partial charge >= 0.3 is 0 Å². The van der Waals surface area contributed by atoms with E-state index in [0.29, 0.717) is 30.6 Å². The minimum Gasteiger partial charge on any atom is -0.354 e. The van der Waals surface area contributed by atoms with Gasteiger partial charge in [-0.05, 0) is 25.0 Å². The molecule has 0 aliphatic carbocycles. The van der Waals surface area contributed by atoms with Gasteiger partial charge in [0.25, 0.3) is 11.6 Å². The van der Waals surface area contributed by atoms with E-state index in [1.807, 2.05) is 0 Å². The maximum Gasteiger partial charge on any atom is 0.269 e. The third kappa shape index (κ3) is 2.93. The summed E-state index contributed by atoms with van der Waals surface area (Å²) in [5, 5.41) is 13.4. The Balaban J connectivity index is 2.24. The number of nitrogens with zero attached hydrogens (tertiary/aromatic N) is 2. The quantitative estimate of drug-likeness (QED) is 0.641. The molecule has 7 nitrogen and oxygen atoms in total. The largest absolute Gasteiger partial charge is 0.354 e. The zero-order chi connectivity index (χ0) is 14.7. The molecule has 0 aromatic heterocycles. The zero-order valence-electron chi connectivity index (χ0n) is 11.1. The number of nitro benzene ring substituents is 1. The summed E-state index contributed by atoms with van der Waals surface area (Å²) in [6, 6.07) is 4.11. The minimum atomic E-state index is -0.499. The summed E-state index contributed by atoms with van der Waals surface area (Å²) in [6.45, 7) is 2.73. The molecule has 0 saturated carbocycles. The van der Waals surface area contributed by atoms with Crippen LogP contribution in [-0.4, -0.2) is 41.3 Å². The highest BCUT2D eigenvalue weighted by atomic mass is 16.6. The van der Waals surface area contributed by atoms with Crippen molar-refractivity contribution in [3.05, 3.63) is 39.4 Å². The van der Waals surface area contributed by atoms with Crippen LogP contribution in [0.5, 0.6) is 0 Å². The van der Waals surface area contributed by atoms with Gasteiger partial charge in [0.2, 0.25) is 5.91 Å². The average Bonchev–Trinajstić information content (AvgIpc) is 2.62. The van der Waals surface area contributed by atoms with Crippen LogP contribution in [0.25, 0.3) is 0 Å². The first-order chi connectivity index (χ1) is 9.49. The highest BCUT2D eigenvalue weighted by molar-refractivity contribution is 5.98. The molecular formula is C13H15N3O4. The molecule has 0 atom stereocenters. The van der Waals surface area contributed by atoms with Gasteiger partial charge < -0.3 is 10.2 Å². The maximum absolute atomic E-state index is 12.4. The molecule has 1 aliphatic heterocycles. The lowest BCUT2D eigenvalue weighted by Gasteiger charge is -2.19. The summed E-state index contributed by atoms with van der Waals surface area (Å²) >= 11 is 0. The van der Waals surface area contributed by atoms with E-state index in [0.717, 1.165) is 0 Å². The third-order valence-corrected chi connectivity index (χ3v) is 3.20. The van der Waals surface area contributed by atoms with Gasteiger partial charge in [-0.2, -0.15) is 0 Å². The lowest BCUT2D eigenvalue weighted by atomic mass is 10.1. The lowest BCUT2D eigenvalue weighted by Crippen LogP contribution is -2.37. The van der Waals surface area contributed by atoms with Crippen LogP contribution < -0.4 is 5.32 Å². The maximum atomic E-state index is 12.4. The predicted molar refractivity (Wildman–Crippen MR) is 71.4 cm³/mol. The molecule has 7 heteroatoms. The Morgan fingerprint density at radius 2 is 2.20 bits per heavy atom. The van der Waals surface area contributed by atoms with Crippen molar-refractivity contribution in [2.45, 2.75) is 13.3 Å². The van der Waals surface area contributed by atoms with E-state index < -0.39 is 4.92 Å². The number of hydrogen-bond acceptors (Lipinski definition) is 4. The van der Waals surface area contributed by atoms with Crippen molar-refractivity contribution in [3.63, 3.8) is 0 Å². The number of aryl methyl sites for hydroxylation is 1. The fourth-order valence-corrected chi connectivity index (χ4v) is 2.15. The fourth-order valence-electron chi connectivity index (χ4n) is 2.15. The molecule has 2 amide bonds. The van der Waals surface area contributed by atoms with Crippen molar-refractivity contribution in [2.24, 2.45) is 0 Å². The van der Waals surface area contributed by atoms with E-state index in [1.54, 1.807) is 6.92 Å². The normalized spacial score (nSPS) is 15.4. The molecule has 0 spiro atoms. The number of hydrogen-bond donors (Lipinski definition) is 1. The molecule has 1 heterocycles. The number of nitro groups is 1. The van der Waals surface area contributed by atoms with Crippen LogP contribution in [0.1, 0.15) is 22.3 Å². The number of rotatable bonds is 2. The van der Waals surface area contributed by atoms with Gasteiger partial charge in [0.1, 0.15) is 0 Å². The van der Waals surface area contributed by atoms with Crippen LogP contribution in [0.4, 0.5) is 5.69 Å². The van der Waals surface area contributed by atoms with E-state index in [-0.39, 0.29) is 24.0 Å². The van der Waals surface area contributed by atoms with Crippen LogP contribution in [-0.2, 0) is 4.79 Å². The molecule has 1 aromatic carbocycles. The molecule has 2 rings (SSSR count). The number of carbonyl (C=O) groups is 2. The molecule has 0 bridgehead atoms. The average molecular weight is 277 g/mol. The molecule has 1 aliphatic rings. The first-order valence-electron chi connectivity index (χ1n) is 6.30. The predicted octanol–water partition coefficient (Wildman–Crippen LogP) is 0.865. The Hall–Kier alpha value is -2.44. The summed E-state index contributed by atoms with van der Waals surface area (Å²) in [5.41, 5.74) is 0.881. The first-order valence-corrected chi connectivity index (χ1v) is 6.30. The third-order valence-electron chi connectivity index (χ3n) is 3.20. The van der Waals surface area contributed by atoms with Crippen LogP contribution in [0, 0.1) is 17.0 Å². The number of amides is 2. The molecule has 1 aromatic rings. The van der Waals surface area contributed by atoms with E-state index >= 15 is 0 Å². The molecule has 20 heavy (non-hydrogen) atoms. The number of non-ortho nitro benzene ring substituents is 1. The van der Waals surface area contributed by atoms with E-state index in [4.69, 9.17) is 0 Å². The van der Waals surface area contributed by atoms with Crippen molar-refractivity contribution in [1.82, 2.24) is 10.2 Å². The SMILES string of the molecule is Cc1cc([N+](=O)[O-])ccc1C(=O)N1CCCNC(=O)C1. The van der Waals surface area contributed by atoms with E-state index in [9.17, 15) is 19.7 Å². The second-order valence-corrected chi connectivity index (χ2v) is 4.69. The molecule has 1 N–H and O–H groups in total. The molecule has 106 valence electrons. The highest BCUT2D eigenvalue weighted by Crippen LogP contribution is 2.19. The second kappa shape index (κ2) is 5.68. The van der Waals surface area contributed by atoms with Gasteiger partial charge in [-0.25, -0.2) is 0 Å². The fraction of sp³-hybridized carbons (Fsp3) is 0.385. The lowest BCUT2D eigenvalue weighted by molar-refractivity contribution is -0.384. The Morgan fingerprint density at radius 1 is 1.45 bits per heavy atom. The Labute approximate surface area is 115 Å². The van der Waals surface area contributed by atoms with Crippen LogP contribution in [0.15, 0.2) is 18.2 Å². The van der Waals surface area contributed by atoms with Gasteiger partial charge in [-0.3, -0.25) is 19.7 Å². The van der Waals surface area contributed by atoms with Crippen molar-refractivity contribution in [1.29, 1.82) is 0 Å². The van der Waals surface area contributed by atoms with E-state index in [2.05, 4.69) is 5.32 Å². The summed E-state index contributed by atoms with van der Waals surface area (Å²) in [6.07, 6.45) is 0.698. The van der Waals surface area contributed by atoms with Gasteiger partial charge in [-0.15, -0.1) is 0 Å². The van der Waals surface area contributed by atoms with Crippen molar-refractivity contribution in [3.8, 4) is 0 Å². The molecule has 0 radical (unpaired) electrons.